The van der Waals surface area contributed by atoms with Gasteiger partial charge in [0.15, 0.2) is 11.5 Å². The molecule has 29 heavy (non-hydrogen) atoms. The Morgan fingerprint density at radius 3 is 2.62 bits per heavy atom. The second kappa shape index (κ2) is 8.00. The largest absolute Gasteiger partial charge is 0.586 e. The molecule has 1 aromatic carbocycles. The van der Waals surface area contributed by atoms with Gasteiger partial charge in [-0.05, 0) is 56.2 Å². The van der Waals surface area contributed by atoms with Crippen LogP contribution in [0.1, 0.15) is 31.2 Å². The molecule has 5 rings (SSSR count). The summed E-state index contributed by atoms with van der Waals surface area (Å²) in [5.74, 6) is 2.37. The summed E-state index contributed by atoms with van der Waals surface area (Å²) in [5.41, 5.74) is 0.770. The first-order chi connectivity index (χ1) is 14.1. The van der Waals surface area contributed by atoms with Crippen LogP contribution < -0.4 is 9.47 Å². The highest BCUT2D eigenvalue weighted by Crippen LogP contribution is 2.52. The highest BCUT2D eigenvalue weighted by molar-refractivity contribution is 5.48. The van der Waals surface area contributed by atoms with Gasteiger partial charge in [0, 0.05) is 38.3 Å². The summed E-state index contributed by atoms with van der Waals surface area (Å²) in [5, 5.41) is 0. The molecular weight excluding hydrogens is 378 g/mol. The minimum absolute atomic E-state index is 0.132. The second-order valence-corrected chi connectivity index (χ2v) is 8.93. The van der Waals surface area contributed by atoms with Gasteiger partial charge in [-0.25, -0.2) is 0 Å². The van der Waals surface area contributed by atoms with Gasteiger partial charge in [-0.3, -0.25) is 4.90 Å². The maximum absolute atomic E-state index is 13.4. The second-order valence-electron chi connectivity index (χ2n) is 8.93. The summed E-state index contributed by atoms with van der Waals surface area (Å²) in [6.45, 7) is 8.03. The predicted octanol–water partition coefficient (Wildman–Crippen LogP) is 3.58. The van der Waals surface area contributed by atoms with Gasteiger partial charge in [-0.2, -0.15) is 0 Å². The molecule has 0 radical (unpaired) electrons. The lowest BCUT2D eigenvalue weighted by Gasteiger charge is -2.26. The number of halogens is 2. The first kappa shape index (κ1) is 19.5. The number of ether oxygens (including phenoxy) is 3. The normalized spacial score (nSPS) is 30.5. The molecule has 1 aromatic rings. The molecular formula is C22H30F2N2O3. The summed E-state index contributed by atoms with van der Waals surface area (Å²) in [4.78, 5) is 4.89. The van der Waals surface area contributed by atoms with E-state index in [0.717, 1.165) is 44.8 Å². The average molecular weight is 408 g/mol. The number of likely N-dealkylation sites (tertiary alicyclic amines) is 2. The molecule has 5 nitrogen and oxygen atoms in total. The summed E-state index contributed by atoms with van der Waals surface area (Å²) in [7, 11) is 0. The van der Waals surface area contributed by atoms with Crippen molar-refractivity contribution in [1.29, 1.82) is 0 Å². The zero-order valence-electron chi connectivity index (χ0n) is 16.8. The Morgan fingerprint density at radius 1 is 1.03 bits per heavy atom. The minimum Gasteiger partial charge on any atom is -0.395 e. The van der Waals surface area contributed by atoms with Gasteiger partial charge in [0.1, 0.15) is 0 Å². The summed E-state index contributed by atoms with van der Waals surface area (Å²) < 4.78 is 41.9. The van der Waals surface area contributed by atoms with Gasteiger partial charge < -0.3 is 19.1 Å². The molecule has 0 aromatic heterocycles. The molecule has 0 spiro atoms. The van der Waals surface area contributed by atoms with Gasteiger partial charge in [0.25, 0.3) is 0 Å². The highest BCUT2D eigenvalue weighted by Gasteiger charge is 2.55. The van der Waals surface area contributed by atoms with E-state index in [9.17, 15) is 8.78 Å². The fraction of sp³-hybridized carbons (Fsp3) is 0.727. The SMILES string of the molecule is FC1(F)Oc2cccc(CN3CC4C(COCCCN5CCCCC5)C4C3)c2O1. The van der Waals surface area contributed by atoms with E-state index in [0.29, 0.717) is 24.3 Å². The van der Waals surface area contributed by atoms with Crippen molar-refractivity contribution in [1.82, 2.24) is 9.80 Å². The van der Waals surface area contributed by atoms with Gasteiger partial charge in [0.2, 0.25) is 0 Å². The Kier molecular flexibility index (Phi) is 5.39. The van der Waals surface area contributed by atoms with Crippen molar-refractivity contribution in [2.45, 2.75) is 38.5 Å². The minimum atomic E-state index is -3.55. The molecule has 160 valence electrons. The monoisotopic (exact) mass is 408 g/mol. The fourth-order valence-electron chi connectivity index (χ4n) is 5.30. The van der Waals surface area contributed by atoms with Crippen molar-refractivity contribution in [3.05, 3.63) is 23.8 Å². The van der Waals surface area contributed by atoms with Crippen molar-refractivity contribution in [2.24, 2.45) is 17.8 Å². The number of rotatable bonds is 8. The highest BCUT2D eigenvalue weighted by atomic mass is 19.3. The van der Waals surface area contributed by atoms with Gasteiger partial charge in [-0.15, -0.1) is 8.78 Å². The van der Waals surface area contributed by atoms with Crippen LogP contribution in [0.3, 0.4) is 0 Å². The predicted molar refractivity (Wildman–Crippen MR) is 104 cm³/mol. The Morgan fingerprint density at radius 2 is 1.83 bits per heavy atom. The zero-order valence-corrected chi connectivity index (χ0v) is 16.8. The first-order valence-corrected chi connectivity index (χ1v) is 11.0. The molecule has 3 heterocycles. The smallest absolute Gasteiger partial charge is 0.395 e. The van der Waals surface area contributed by atoms with Crippen LogP contribution in [-0.2, 0) is 11.3 Å². The van der Waals surface area contributed by atoms with Gasteiger partial charge in [-0.1, -0.05) is 18.6 Å². The van der Waals surface area contributed by atoms with Crippen LogP contribution in [0.4, 0.5) is 8.78 Å². The number of benzene rings is 1. The summed E-state index contributed by atoms with van der Waals surface area (Å²) in [6.07, 6.45) is 1.64. The van der Waals surface area contributed by atoms with E-state index in [-0.39, 0.29) is 11.5 Å². The molecule has 0 N–H and O–H groups in total. The zero-order chi connectivity index (χ0) is 19.8. The lowest BCUT2D eigenvalue weighted by Crippen LogP contribution is -2.31. The number of hydrogen-bond acceptors (Lipinski definition) is 5. The molecule has 3 aliphatic heterocycles. The molecule has 0 amide bonds. The average Bonchev–Trinajstić information content (AvgIpc) is 3.01. The van der Waals surface area contributed by atoms with Crippen LogP contribution in [0.15, 0.2) is 18.2 Å². The van der Waals surface area contributed by atoms with Crippen molar-refractivity contribution >= 4 is 0 Å². The maximum Gasteiger partial charge on any atom is 0.586 e. The maximum atomic E-state index is 13.4. The molecule has 2 unspecified atom stereocenters. The molecule has 2 saturated heterocycles. The quantitative estimate of drug-likeness (QED) is 0.615. The standard InChI is InChI=1S/C22H30F2N2O3/c23-22(24)28-20-7-4-6-16(21(20)29-22)12-26-13-17-18(14-26)19(17)15-27-11-5-10-25-8-2-1-3-9-25/h4,6-7,17-19H,1-3,5,8-15H2. The Balaban J connectivity index is 1.01. The van der Waals surface area contributed by atoms with Crippen LogP contribution in [0.2, 0.25) is 0 Å². The number of piperidine rings is 2. The Bertz CT molecular complexity index is 714. The Labute approximate surface area is 170 Å². The van der Waals surface area contributed by atoms with E-state index in [2.05, 4.69) is 14.5 Å². The van der Waals surface area contributed by atoms with Gasteiger partial charge in [0.05, 0.1) is 6.61 Å². The van der Waals surface area contributed by atoms with E-state index in [1.54, 1.807) is 6.07 Å². The molecule has 4 aliphatic rings. The molecule has 7 heteroatoms. The van der Waals surface area contributed by atoms with Crippen molar-refractivity contribution in [3.8, 4) is 11.5 Å². The van der Waals surface area contributed by atoms with Crippen LogP contribution >= 0.6 is 0 Å². The van der Waals surface area contributed by atoms with Crippen LogP contribution in [0.5, 0.6) is 11.5 Å². The third-order valence-corrected chi connectivity index (χ3v) is 6.87. The fourth-order valence-corrected chi connectivity index (χ4v) is 5.30. The first-order valence-electron chi connectivity index (χ1n) is 11.0. The number of alkyl halides is 2. The van der Waals surface area contributed by atoms with Crippen LogP contribution in [0, 0.1) is 17.8 Å². The van der Waals surface area contributed by atoms with Gasteiger partial charge >= 0.3 is 6.29 Å². The molecule has 3 fully saturated rings. The number of hydrogen-bond donors (Lipinski definition) is 0. The Hall–Kier alpha value is -1.44. The number of nitrogens with zero attached hydrogens (tertiary/aromatic N) is 2. The molecule has 1 saturated carbocycles. The van der Waals surface area contributed by atoms with E-state index in [4.69, 9.17) is 9.47 Å². The lowest BCUT2D eigenvalue weighted by molar-refractivity contribution is -0.287. The number of para-hydroxylation sites is 1. The molecule has 0 bridgehead atoms. The third-order valence-electron chi connectivity index (χ3n) is 6.87. The van der Waals surface area contributed by atoms with Crippen molar-refractivity contribution < 1.29 is 23.0 Å². The van der Waals surface area contributed by atoms with E-state index in [1.807, 2.05) is 6.07 Å². The van der Waals surface area contributed by atoms with Crippen LogP contribution in [0.25, 0.3) is 0 Å². The molecule has 1 aliphatic carbocycles. The van der Waals surface area contributed by atoms with Crippen LogP contribution in [-0.4, -0.2) is 62.0 Å². The summed E-state index contributed by atoms with van der Waals surface area (Å²) in [6, 6.07) is 5.12. The third kappa shape index (κ3) is 4.37. The van der Waals surface area contributed by atoms with E-state index in [1.165, 1.54) is 38.4 Å². The van der Waals surface area contributed by atoms with Crippen molar-refractivity contribution in [2.75, 3.05) is 45.9 Å². The van der Waals surface area contributed by atoms with Crippen molar-refractivity contribution in [3.63, 3.8) is 0 Å². The van der Waals surface area contributed by atoms with E-state index < -0.39 is 6.29 Å². The summed E-state index contributed by atoms with van der Waals surface area (Å²) >= 11 is 0. The topological polar surface area (TPSA) is 34.2 Å². The number of fused-ring (bicyclic) bond motifs is 2. The lowest BCUT2D eigenvalue weighted by atomic mass is 10.1. The van der Waals surface area contributed by atoms with E-state index >= 15 is 0 Å². The molecule has 2 atom stereocenters.